The van der Waals surface area contributed by atoms with Crippen molar-refractivity contribution in [3.8, 4) is 23.0 Å². The number of aromatic nitrogens is 1. The van der Waals surface area contributed by atoms with Crippen molar-refractivity contribution in [2.45, 2.75) is 69.4 Å². The van der Waals surface area contributed by atoms with E-state index in [-0.39, 0.29) is 35.5 Å². The maximum absolute atomic E-state index is 15.3. The number of nitrogens with one attached hydrogen (secondary N) is 3. The highest BCUT2D eigenvalue weighted by molar-refractivity contribution is 6.16. The lowest BCUT2D eigenvalue weighted by Crippen LogP contribution is -2.44. The van der Waals surface area contributed by atoms with E-state index in [0.29, 0.717) is 40.8 Å². The van der Waals surface area contributed by atoms with Crippen LogP contribution >= 0.6 is 0 Å². The topological polar surface area (TPSA) is 111 Å². The first-order chi connectivity index (χ1) is 23.7. The zero-order chi connectivity index (χ0) is 34.2. The van der Waals surface area contributed by atoms with E-state index in [9.17, 15) is 18.4 Å². The van der Waals surface area contributed by atoms with Gasteiger partial charge in [-0.1, -0.05) is 19.3 Å². The van der Waals surface area contributed by atoms with Crippen LogP contribution in [0.5, 0.6) is 23.0 Å². The molecule has 3 aliphatic carbocycles. The highest BCUT2D eigenvalue weighted by Gasteiger charge is 2.56. The third-order valence-electron chi connectivity index (χ3n) is 9.67. The SMILES string of the molecule is COc1cc2c(Oc3ccc(NC(=O)C4(C(=O)Nc5ccc(F)c(F)c5)CC4)cc3F)ccnc2cc1OCC1(NC2CCCCC2)CC1. The van der Waals surface area contributed by atoms with Crippen LogP contribution in [0.1, 0.15) is 57.8 Å². The molecule has 0 bridgehead atoms. The van der Waals surface area contributed by atoms with E-state index in [2.05, 4.69) is 20.9 Å². The van der Waals surface area contributed by atoms with Crippen molar-refractivity contribution < 1.29 is 37.0 Å². The van der Waals surface area contributed by atoms with Gasteiger partial charge in [0.15, 0.2) is 34.7 Å². The molecule has 256 valence electrons. The molecule has 0 aliphatic heterocycles. The summed E-state index contributed by atoms with van der Waals surface area (Å²) in [6.07, 6.45) is 10.4. The molecule has 1 aromatic heterocycles. The summed E-state index contributed by atoms with van der Waals surface area (Å²) in [5.41, 5.74) is -0.691. The number of ether oxygens (including phenoxy) is 3. The molecule has 1 heterocycles. The molecule has 12 heteroatoms. The molecule has 3 fully saturated rings. The van der Waals surface area contributed by atoms with Crippen LogP contribution in [0.25, 0.3) is 10.9 Å². The Morgan fingerprint density at radius 1 is 0.776 bits per heavy atom. The molecular formula is C37H37F3N4O5. The summed E-state index contributed by atoms with van der Waals surface area (Å²) in [6, 6.07) is 12.6. The molecule has 0 spiro atoms. The molecule has 9 nitrogen and oxygen atoms in total. The second-order valence-electron chi connectivity index (χ2n) is 13.2. The maximum atomic E-state index is 15.3. The van der Waals surface area contributed by atoms with Crippen LogP contribution in [0.3, 0.4) is 0 Å². The highest BCUT2D eigenvalue weighted by atomic mass is 19.2. The van der Waals surface area contributed by atoms with Crippen LogP contribution < -0.4 is 30.2 Å². The molecule has 4 aromatic rings. The average Bonchev–Trinajstić information content (AvgIpc) is 4.04. The van der Waals surface area contributed by atoms with Crippen molar-refractivity contribution in [1.82, 2.24) is 10.3 Å². The van der Waals surface area contributed by atoms with Gasteiger partial charge in [0.25, 0.3) is 0 Å². The van der Waals surface area contributed by atoms with E-state index in [4.69, 9.17) is 14.2 Å². The predicted octanol–water partition coefficient (Wildman–Crippen LogP) is 7.64. The van der Waals surface area contributed by atoms with E-state index in [0.717, 1.165) is 31.0 Å². The number of fused-ring (bicyclic) bond motifs is 1. The van der Waals surface area contributed by atoms with Crippen molar-refractivity contribution in [3.63, 3.8) is 0 Å². The fourth-order valence-corrected chi connectivity index (χ4v) is 6.40. The quantitative estimate of drug-likeness (QED) is 0.133. The molecule has 3 aliphatic rings. The molecule has 2 amide bonds. The lowest BCUT2D eigenvalue weighted by molar-refractivity contribution is -0.131. The number of halogens is 3. The number of nitrogens with zero attached hydrogens (tertiary/aromatic N) is 1. The van der Waals surface area contributed by atoms with Crippen molar-refractivity contribution in [3.05, 3.63) is 78.2 Å². The largest absolute Gasteiger partial charge is 0.493 e. The van der Waals surface area contributed by atoms with Crippen molar-refractivity contribution >= 4 is 34.1 Å². The van der Waals surface area contributed by atoms with E-state index in [1.807, 2.05) is 0 Å². The third kappa shape index (κ3) is 7.01. The second-order valence-corrected chi connectivity index (χ2v) is 13.2. The van der Waals surface area contributed by atoms with Crippen LogP contribution in [-0.2, 0) is 9.59 Å². The Bertz CT molecular complexity index is 1910. The van der Waals surface area contributed by atoms with Crippen LogP contribution in [-0.4, -0.2) is 42.1 Å². The number of benzene rings is 3. The van der Waals surface area contributed by atoms with Crippen LogP contribution in [0.15, 0.2) is 60.8 Å². The predicted molar refractivity (Wildman–Crippen MR) is 178 cm³/mol. The summed E-state index contributed by atoms with van der Waals surface area (Å²) in [4.78, 5) is 30.4. The number of pyridine rings is 1. The number of hydrogen-bond donors (Lipinski definition) is 3. The smallest absolute Gasteiger partial charge is 0.240 e. The van der Waals surface area contributed by atoms with Gasteiger partial charge in [0.2, 0.25) is 11.8 Å². The summed E-state index contributed by atoms with van der Waals surface area (Å²) in [5.74, 6) is -2.90. The van der Waals surface area contributed by atoms with Crippen LogP contribution in [0, 0.1) is 22.9 Å². The number of amides is 2. The van der Waals surface area contributed by atoms with Gasteiger partial charge in [0.1, 0.15) is 17.8 Å². The zero-order valence-electron chi connectivity index (χ0n) is 27.0. The summed E-state index contributed by atoms with van der Waals surface area (Å²) < 4.78 is 60.1. The summed E-state index contributed by atoms with van der Waals surface area (Å²) >= 11 is 0. The average molecular weight is 675 g/mol. The number of methoxy groups -OCH3 is 1. The number of anilines is 2. The van der Waals surface area contributed by atoms with E-state index in [1.165, 1.54) is 50.3 Å². The van der Waals surface area contributed by atoms with Gasteiger partial charge < -0.3 is 30.2 Å². The van der Waals surface area contributed by atoms with E-state index in [1.54, 1.807) is 31.5 Å². The molecule has 0 unspecified atom stereocenters. The Kier molecular flexibility index (Phi) is 8.82. The van der Waals surface area contributed by atoms with Gasteiger partial charge in [-0.25, -0.2) is 13.2 Å². The first-order valence-electron chi connectivity index (χ1n) is 16.6. The second kappa shape index (κ2) is 13.2. The summed E-state index contributed by atoms with van der Waals surface area (Å²) in [5, 5.41) is 9.47. The minimum atomic E-state index is -1.40. The minimum Gasteiger partial charge on any atom is -0.493 e. The summed E-state index contributed by atoms with van der Waals surface area (Å²) in [6.45, 7) is 0.523. The zero-order valence-corrected chi connectivity index (χ0v) is 27.0. The lowest BCUT2D eigenvalue weighted by Gasteiger charge is -2.28. The fourth-order valence-electron chi connectivity index (χ4n) is 6.40. The molecule has 7 rings (SSSR count). The van der Waals surface area contributed by atoms with Gasteiger partial charge in [0, 0.05) is 47.2 Å². The Morgan fingerprint density at radius 3 is 2.10 bits per heavy atom. The first kappa shape index (κ1) is 32.7. The van der Waals surface area contributed by atoms with E-state index < -0.39 is 34.7 Å². The Balaban J connectivity index is 1.01. The molecule has 49 heavy (non-hydrogen) atoms. The van der Waals surface area contributed by atoms with Crippen molar-refractivity contribution in [1.29, 1.82) is 0 Å². The Hall–Kier alpha value is -4.84. The summed E-state index contributed by atoms with van der Waals surface area (Å²) in [7, 11) is 1.56. The lowest BCUT2D eigenvalue weighted by atomic mass is 9.94. The van der Waals surface area contributed by atoms with Crippen molar-refractivity contribution in [2.75, 3.05) is 24.4 Å². The molecule has 3 aromatic carbocycles. The highest BCUT2D eigenvalue weighted by Crippen LogP contribution is 2.48. The molecule has 0 saturated heterocycles. The Morgan fingerprint density at radius 2 is 1.47 bits per heavy atom. The van der Waals surface area contributed by atoms with E-state index >= 15 is 4.39 Å². The fraction of sp³-hybridized carbons (Fsp3) is 0.378. The number of hydrogen-bond acceptors (Lipinski definition) is 7. The third-order valence-corrected chi connectivity index (χ3v) is 9.67. The van der Waals surface area contributed by atoms with Crippen molar-refractivity contribution in [2.24, 2.45) is 5.41 Å². The van der Waals surface area contributed by atoms with Gasteiger partial charge in [-0.05, 0) is 74.9 Å². The van der Waals surface area contributed by atoms with Gasteiger partial charge in [-0.2, -0.15) is 0 Å². The first-order valence-corrected chi connectivity index (χ1v) is 16.6. The molecule has 0 atom stereocenters. The van der Waals surface area contributed by atoms with Gasteiger partial charge in [-0.3, -0.25) is 14.6 Å². The van der Waals surface area contributed by atoms with Gasteiger partial charge >= 0.3 is 0 Å². The number of carbonyl (C=O) groups is 2. The van der Waals surface area contributed by atoms with Gasteiger partial charge in [-0.15, -0.1) is 0 Å². The normalized spacial score (nSPS) is 17.6. The monoisotopic (exact) mass is 674 g/mol. The molecule has 3 saturated carbocycles. The standard InChI is InChI=1S/C37H37F3N4O5/c1-47-32-19-25-29(20-33(32)48-21-36(12-13-36)44-22-5-3-2-4-6-22)41-16-11-30(25)49-31-10-8-24(18-28(31)40)43-35(46)37(14-15-37)34(45)42-23-7-9-26(38)27(39)17-23/h7-11,16-20,22,44H,2-6,12-15,21H2,1H3,(H,42,45)(H,43,46). The minimum absolute atomic E-state index is 0.0140. The number of carbonyl (C=O) groups excluding carboxylic acids is 2. The maximum Gasteiger partial charge on any atom is 0.240 e. The molecule has 0 radical (unpaired) electrons. The van der Waals surface area contributed by atoms with Crippen LogP contribution in [0.4, 0.5) is 24.5 Å². The number of rotatable bonds is 12. The Labute approximate surface area is 281 Å². The molecule has 3 N–H and O–H groups in total. The van der Waals surface area contributed by atoms with Crippen LogP contribution in [0.2, 0.25) is 0 Å². The molecular weight excluding hydrogens is 637 g/mol. The van der Waals surface area contributed by atoms with Gasteiger partial charge in [0.05, 0.1) is 18.2 Å².